The first-order valence-electron chi connectivity index (χ1n) is 5.53. The van der Waals surface area contributed by atoms with Crippen molar-refractivity contribution in [3.8, 4) is 0 Å². The van der Waals surface area contributed by atoms with Gasteiger partial charge in [0, 0.05) is 17.5 Å². The number of rotatable bonds is 3. The summed E-state index contributed by atoms with van der Waals surface area (Å²) in [5.41, 5.74) is 6.00. The molecule has 1 aromatic carbocycles. The minimum Gasteiger partial charge on any atom is -0.330 e. The van der Waals surface area contributed by atoms with Gasteiger partial charge in [-0.15, -0.1) is 0 Å². The van der Waals surface area contributed by atoms with Gasteiger partial charge in [-0.2, -0.15) is 0 Å². The van der Waals surface area contributed by atoms with E-state index in [-0.39, 0.29) is 22.9 Å². The second kappa shape index (κ2) is 3.77. The van der Waals surface area contributed by atoms with Gasteiger partial charge in [0.05, 0.1) is 4.92 Å². The van der Waals surface area contributed by atoms with Crippen molar-refractivity contribution >= 4 is 5.69 Å². The molecule has 1 aromatic rings. The van der Waals surface area contributed by atoms with E-state index in [2.05, 4.69) is 0 Å². The predicted molar refractivity (Wildman–Crippen MR) is 62.1 cm³/mol. The SMILES string of the molecule is CC1(C)C(CN)C1c1cc(F)ccc1[N+](=O)[O-]. The zero-order valence-electron chi connectivity index (χ0n) is 9.81. The number of benzene rings is 1. The lowest BCUT2D eigenvalue weighted by atomic mass is 10.0. The van der Waals surface area contributed by atoms with E-state index in [0.717, 1.165) is 6.07 Å². The molecule has 1 aliphatic carbocycles. The van der Waals surface area contributed by atoms with E-state index in [1.54, 1.807) is 0 Å². The van der Waals surface area contributed by atoms with Crippen LogP contribution in [0.15, 0.2) is 18.2 Å². The van der Waals surface area contributed by atoms with Gasteiger partial charge in [-0.05, 0) is 30.0 Å². The smallest absolute Gasteiger partial charge is 0.273 e. The van der Waals surface area contributed by atoms with E-state index in [0.29, 0.717) is 12.1 Å². The summed E-state index contributed by atoms with van der Waals surface area (Å²) in [5, 5.41) is 10.9. The molecule has 0 amide bonds. The Morgan fingerprint density at radius 2 is 2.18 bits per heavy atom. The van der Waals surface area contributed by atoms with Gasteiger partial charge in [-0.25, -0.2) is 4.39 Å². The van der Waals surface area contributed by atoms with Crippen LogP contribution in [-0.4, -0.2) is 11.5 Å². The third-order valence-electron chi connectivity index (χ3n) is 3.83. The van der Waals surface area contributed by atoms with Gasteiger partial charge in [0.2, 0.25) is 0 Å². The fourth-order valence-corrected chi connectivity index (χ4v) is 2.74. The zero-order chi connectivity index (χ0) is 12.8. The van der Waals surface area contributed by atoms with Gasteiger partial charge in [0.25, 0.3) is 5.69 Å². The second-order valence-corrected chi connectivity index (χ2v) is 5.10. The monoisotopic (exact) mass is 238 g/mol. The summed E-state index contributed by atoms with van der Waals surface area (Å²) in [6.45, 7) is 4.47. The van der Waals surface area contributed by atoms with E-state index in [1.165, 1.54) is 12.1 Å². The van der Waals surface area contributed by atoms with Gasteiger partial charge in [0.1, 0.15) is 5.82 Å². The Balaban J connectivity index is 2.46. The zero-order valence-corrected chi connectivity index (χ0v) is 9.81. The number of halogens is 1. The van der Waals surface area contributed by atoms with Gasteiger partial charge in [0.15, 0.2) is 0 Å². The minimum atomic E-state index is -0.462. The van der Waals surface area contributed by atoms with Crippen LogP contribution < -0.4 is 5.73 Å². The average molecular weight is 238 g/mol. The van der Waals surface area contributed by atoms with Crippen LogP contribution in [0.4, 0.5) is 10.1 Å². The first-order valence-corrected chi connectivity index (χ1v) is 5.53. The van der Waals surface area contributed by atoms with Crippen molar-refractivity contribution < 1.29 is 9.31 Å². The molecule has 0 aromatic heterocycles. The van der Waals surface area contributed by atoms with Crippen molar-refractivity contribution in [1.29, 1.82) is 0 Å². The Morgan fingerprint density at radius 3 is 2.65 bits per heavy atom. The molecule has 5 heteroatoms. The largest absolute Gasteiger partial charge is 0.330 e. The summed E-state index contributed by atoms with van der Waals surface area (Å²) in [4.78, 5) is 10.5. The Labute approximate surface area is 98.8 Å². The molecular formula is C12H15FN2O2. The Morgan fingerprint density at radius 1 is 1.53 bits per heavy atom. The highest BCUT2D eigenvalue weighted by molar-refractivity contribution is 5.47. The first-order chi connectivity index (χ1) is 7.89. The number of nitro benzene ring substituents is 1. The molecule has 2 rings (SSSR count). The van der Waals surface area contributed by atoms with Crippen LogP contribution in [0, 0.1) is 27.3 Å². The third kappa shape index (κ3) is 1.80. The van der Waals surface area contributed by atoms with Crippen LogP contribution in [0.5, 0.6) is 0 Å². The maximum absolute atomic E-state index is 13.2. The Hall–Kier alpha value is -1.49. The van der Waals surface area contributed by atoms with Crippen molar-refractivity contribution in [3.05, 3.63) is 39.7 Å². The summed E-state index contributed by atoms with van der Waals surface area (Å²) in [6.07, 6.45) is 0. The molecule has 1 saturated carbocycles. The maximum Gasteiger partial charge on any atom is 0.273 e. The van der Waals surface area contributed by atoms with Crippen molar-refractivity contribution in [2.24, 2.45) is 17.1 Å². The summed E-state index contributed by atoms with van der Waals surface area (Å²) in [6, 6.07) is 3.61. The number of nitrogens with two attached hydrogens (primary N) is 1. The van der Waals surface area contributed by atoms with Crippen LogP contribution in [-0.2, 0) is 0 Å². The van der Waals surface area contributed by atoms with E-state index < -0.39 is 10.7 Å². The minimum absolute atomic E-state index is 0.0135. The van der Waals surface area contributed by atoms with Crippen molar-refractivity contribution in [2.45, 2.75) is 19.8 Å². The number of hydrogen-bond donors (Lipinski definition) is 1. The fourth-order valence-electron chi connectivity index (χ4n) is 2.74. The van der Waals surface area contributed by atoms with E-state index in [4.69, 9.17) is 5.73 Å². The lowest BCUT2D eigenvalue weighted by molar-refractivity contribution is -0.385. The average Bonchev–Trinajstić information content (AvgIpc) is 2.79. The Bertz CT molecular complexity index is 474. The fraction of sp³-hybridized carbons (Fsp3) is 0.500. The van der Waals surface area contributed by atoms with Crippen molar-refractivity contribution in [1.82, 2.24) is 0 Å². The first kappa shape index (κ1) is 12.0. The van der Waals surface area contributed by atoms with Crippen molar-refractivity contribution in [2.75, 3.05) is 6.54 Å². The Kier molecular flexibility index (Phi) is 2.66. The summed E-state index contributed by atoms with van der Waals surface area (Å²) < 4.78 is 13.2. The molecule has 0 radical (unpaired) electrons. The van der Waals surface area contributed by atoms with Gasteiger partial charge in [-0.1, -0.05) is 13.8 Å². The molecule has 0 heterocycles. The van der Waals surface area contributed by atoms with Crippen molar-refractivity contribution in [3.63, 3.8) is 0 Å². The molecule has 2 atom stereocenters. The molecule has 0 bridgehead atoms. The molecule has 1 aliphatic rings. The van der Waals surface area contributed by atoms with Crippen LogP contribution >= 0.6 is 0 Å². The van der Waals surface area contributed by atoms with E-state index in [1.807, 2.05) is 13.8 Å². The summed E-state index contributed by atoms with van der Waals surface area (Å²) in [7, 11) is 0. The number of hydrogen-bond acceptors (Lipinski definition) is 3. The number of nitrogens with zero attached hydrogens (tertiary/aromatic N) is 1. The lowest BCUT2D eigenvalue weighted by Crippen LogP contribution is -2.05. The van der Waals surface area contributed by atoms with Crippen LogP contribution in [0.3, 0.4) is 0 Å². The van der Waals surface area contributed by atoms with Gasteiger partial charge < -0.3 is 5.73 Å². The molecule has 0 saturated heterocycles. The topological polar surface area (TPSA) is 69.2 Å². The molecule has 2 N–H and O–H groups in total. The van der Waals surface area contributed by atoms with Gasteiger partial charge >= 0.3 is 0 Å². The molecule has 17 heavy (non-hydrogen) atoms. The second-order valence-electron chi connectivity index (χ2n) is 5.10. The molecule has 2 unspecified atom stereocenters. The van der Waals surface area contributed by atoms with E-state index >= 15 is 0 Å². The maximum atomic E-state index is 13.2. The van der Waals surface area contributed by atoms with Gasteiger partial charge in [-0.3, -0.25) is 10.1 Å². The molecule has 4 nitrogen and oxygen atoms in total. The molecule has 1 fully saturated rings. The third-order valence-corrected chi connectivity index (χ3v) is 3.83. The van der Waals surface area contributed by atoms with Crippen LogP contribution in [0.25, 0.3) is 0 Å². The molecule has 0 aliphatic heterocycles. The number of nitro groups is 1. The quantitative estimate of drug-likeness (QED) is 0.649. The highest BCUT2D eigenvalue weighted by Gasteiger charge is 2.59. The predicted octanol–water partition coefficient (Wildman–Crippen LogP) is 2.43. The molecular weight excluding hydrogens is 223 g/mol. The van der Waals surface area contributed by atoms with Crippen LogP contribution in [0.1, 0.15) is 25.3 Å². The van der Waals surface area contributed by atoms with Crippen LogP contribution in [0.2, 0.25) is 0 Å². The highest BCUT2D eigenvalue weighted by atomic mass is 19.1. The normalized spacial score (nSPS) is 25.6. The van der Waals surface area contributed by atoms with E-state index in [9.17, 15) is 14.5 Å². The highest BCUT2D eigenvalue weighted by Crippen LogP contribution is 2.65. The summed E-state index contributed by atoms with van der Waals surface area (Å²) in [5.74, 6) is -0.282. The molecule has 92 valence electrons. The lowest BCUT2D eigenvalue weighted by Gasteiger charge is -2.04. The molecule has 0 spiro atoms. The standard InChI is InChI=1S/C12H15FN2O2/c1-12(2)9(6-14)11(12)8-5-7(13)3-4-10(8)15(16)17/h3-5,9,11H,6,14H2,1-2H3. The summed E-state index contributed by atoms with van der Waals surface area (Å²) >= 11 is 0.